The van der Waals surface area contributed by atoms with Gasteiger partial charge in [0.05, 0.1) is 11.8 Å². The fraction of sp³-hybridized carbons (Fsp3) is 0.522. The van der Waals surface area contributed by atoms with E-state index in [0.29, 0.717) is 6.42 Å². The van der Waals surface area contributed by atoms with Crippen LogP contribution in [0.4, 0.5) is 0 Å². The van der Waals surface area contributed by atoms with Gasteiger partial charge in [0.15, 0.2) is 0 Å². The third-order valence-corrected chi connectivity index (χ3v) is 7.04. The van der Waals surface area contributed by atoms with E-state index in [1.807, 2.05) is 35.2 Å². The number of carbonyl (C=O) groups excluding carboxylic acids is 3. The Kier molecular flexibility index (Phi) is 4.33. The molecule has 1 saturated carbocycles. The SMILES string of the molecule is O=C(C(Cc1ccccc1)N1C(=O)C2C3C=CC(C3)C2C1=O)N1CCCCC1. The molecule has 1 aromatic carbocycles. The molecule has 0 N–H and O–H groups in total. The monoisotopic (exact) mass is 378 g/mol. The van der Waals surface area contributed by atoms with Crippen molar-refractivity contribution in [2.45, 2.75) is 38.1 Å². The fourth-order valence-electron chi connectivity index (χ4n) is 5.68. The first-order valence-corrected chi connectivity index (χ1v) is 10.5. The molecule has 28 heavy (non-hydrogen) atoms. The average molecular weight is 378 g/mol. The zero-order valence-corrected chi connectivity index (χ0v) is 16.0. The van der Waals surface area contributed by atoms with Gasteiger partial charge in [0.1, 0.15) is 6.04 Å². The van der Waals surface area contributed by atoms with Crippen molar-refractivity contribution in [2.24, 2.45) is 23.7 Å². The van der Waals surface area contributed by atoms with Gasteiger partial charge in [0.2, 0.25) is 17.7 Å². The van der Waals surface area contributed by atoms with Gasteiger partial charge >= 0.3 is 0 Å². The van der Waals surface area contributed by atoms with Gasteiger partial charge in [-0.05, 0) is 43.1 Å². The number of allylic oxidation sites excluding steroid dienone is 2. The molecule has 3 fully saturated rings. The molecule has 5 nitrogen and oxygen atoms in total. The Morgan fingerprint density at radius 1 is 0.929 bits per heavy atom. The summed E-state index contributed by atoms with van der Waals surface area (Å²) in [5.41, 5.74) is 0.983. The lowest BCUT2D eigenvalue weighted by molar-refractivity contribution is -0.152. The predicted octanol–water partition coefficient (Wildman–Crippen LogP) is 2.42. The molecule has 5 atom stereocenters. The minimum absolute atomic E-state index is 0.0643. The van der Waals surface area contributed by atoms with Crippen LogP contribution in [0, 0.1) is 23.7 Å². The molecule has 0 spiro atoms. The van der Waals surface area contributed by atoms with Crippen molar-refractivity contribution < 1.29 is 14.4 Å². The molecule has 1 aromatic rings. The molecule has 2 aliphatic heterocycles. The molecule has 0 aromatic heterocycles. The maximum Gasteiger partial charge on any atom is 0.246 e. The number of imide groups is 1. The van der Waals surface area contributed by atoms with Crippen molar-refractivity contribution in [3.8, 4) is 0 Å². The number of amides is 3. The van der Waals surface area contributed by atoms with E-state index in [9.17, 15) is 14.4 Å². The first-order valence-electron chi connectivity index (χ1n) is 10.5. The second kappa shape index (κ2) is 6.87. The highest BCUT2D eigenvalue weighted by atomic mass is 16.2. The van der Waals surface area contributed by atoms with Gasteiger partial charge in [-0.25, -0.2) is 0 Å². The first-order chi connectivity index (χ1) is 13.6. The summed E-state index contributed by atoms with van der Waals surface area (Å²) in [6.07, 6.45) is 8.61. The minimum atomic E-state index is -0.717. The number of fused-ring (bicyclic) bond motifs is 5. The molecule has 5 rings (SSSR count). The number of carbonyl (C=O) groups is 3. The lowest BCUT2D eigenvalue weighted by atomic mass is 9.85. The van der Waals surface area contributed by atoms with Crippen LogP contribution < -0.4 is 0 Å². The summed E-state index contributed by atoms with van der Waals surface area (Å²) in [5.74, 6) is -0.496. The summed E-state index contributed by atoms with van der Waals surface area (Å²) in [6.45, 7) is 1.44. The number of benzene rings is 1. The van der Waals surface area contributed by atoms with Crippen LogP contribution >= 0.6 is 0 Å². The second-order valence-electron chi connectivity index (χ2n) is 8.64. The van der Waals surface area contributed by atoms with Crippen molar-refractivity contribution in [3.05, 3.63) is 48.0 Å². The standard InChI is InChI=1S/C23H26N2O3/c26-21(24-11-5-2-6-12-24)18(13-15-7-3-1-4-8-15)25-22(27)19-16-9-10-17(14-16)20(19)23(25)28/h1,3-4,7-10,16-20H,2,5-6,11-14H2. The molecule has 146 valence electrons. The first kappa shape index (κ1) is 17.7. The van der Waals surface area contributed by atoms with Crippen LogP contribution in [-0.4, -0.2) is 46.7 Å². The van der Waals surface area contributed by atoms with Crippen LogP contribution in [0.25, 0.3) is 0 Å². The molecule has 0 radical (unpaired) electrons. The largest absolute Gasteiger partial charge is 0.341 e. The topological polar surface area (TPSA) is 57.7 Å². The summed E-state index contributed by atoms with van der Waals surface area (Å²) in [5, 5.41) is 0. The highest BCUT2D eigenvalue weighted by Crippen LogP contribution is 2.53. The molecule has 5 heteroatoms. The van der Waals surface area contributed by atoms with E-state index < -0.39 is 6.04 Å². The number of likely N-dealkylation sites (tertiary alicyclic amines) is 2. The van der Waals surface area contributed by atoms with Crippen LogP contribution in [-0.2, 0) is 20.8 Å². The van der Waals surface area contributed by atoms with Crippen LogP contribution in [0.2, 0.25) is 0 Å². The van der Waals surface area contributed by atoms with E-state index in [2.05, 4.69) is 12.2 Å². The highest BCUT2D eigenvalue weighted by Gasteiger charge is 2.61. The van der Waals surface area contributed by atoms with Gasteiger partial charge in [-0.15, -0.1) is 0 Å². The predicted molar refractivity (Wildman–Crippen MR) is 104 cm³/mol. The summed E-state index contributed by atoms with van der Waals surface area (Å²) in [4.78, 5) is 43.3. The van der Waals surface area contributed by atoms with E-state index in [-0.39, 0.29) is 41.4 Å². The summed E-state index contributed by atoms with van der Waals surface area (Å²) >= 11 is 0. The van der Waals surface area contributed by atoms with E-state index >= 15 is 0 Å². The molecule has 5 unspecified atom stereocenters. The molecule has 2 heterocycles. The maximum absolute atomic E-state index is 13.4. The fourth-order valence-corrected chi connectivity index (χ4v) is 5.68. The Morgan fingerprint density at radius 3 is 2.14 bits per heavy atom. The third kappa shape index (κ3) is 2.71. The molecule has 2 aliphatic carbocycles. The zero-order chi connectivity index (χ0) is 19.3. The molecular formula is C23H26N2O3. The Bertz CT molecular complexity index is 798. The van der Waals surface area contributed by atoms with Crippen molar-refractivity contribution >= 4 is 17.7 Å². The zero-order valence-electron chi connectivity index (χ0n) is 16.0. The Labute approximate surface area is 165 Å². The molecule has 4 aliphatic rings. The number of rotatable bonds is 4. The third-order valence-electron chi connectivity index (χ3n) is 7.04. The van der Waals surface area contributed by atoms with Crippen molar-refractivity contribution in [1.29, 1.82) is 0 Å². The maximum atomic E-state index is 13.4. The average Bonchev–Trinajstić information content (AvgIpc) is 3.41. The molecule has 3 amide bonds. The van der Waals surface area contributed by atoms with Gasteiger partial charge in [-0.2, -0.15) is 0 Å². The Balaban J connectivity index is 1.46. The van der Waals surface area contributed by atoms with Crippen molar-refractivity contribution in [1.82, 2.24) is 9.80 Å². The lowest BCUT2D eigenvalue weighted by Crippen LogP contribution is -2.53. The summed E-state index contributed by atoms with van der Waals surface area (Å²) in [6, 6.07) is 9.02. The van der Waals surface area contributed by atoms with Gasteiger partial charge in [-0.3, -0.25) is 19.3 Å². The summed E-state index contributed by atoms with van der Waals surface area (Å²) < 4.78 is 0. The van der Waals surface area contributed by atoms with Crippen LogP contribution in [0.3, 0.4) is 0 Å². The van der Waals surface area contributed by atoms with E-state index in [1.54, 1.807) is 0 Å². The van der Waals surface area contributed by atoms with Crippen LogP contribution in [0.1, 0.15) is 31.2 Å². The normalized spacial score (nSPS) is 32.1. The van der Waals surface area contributed by atoms with Crippen molar-refractivity contribution in [3.63, 3.8) is 0 Å². The lowest BCUT2D eigenvalue weighted by Gasteiger charge is -2.34. The van der Waals surface area contributed by atoms with Gasteiger partial charge in [0.25, 0.3) is 0 Å². The number of piperidine rings is 1. The van der Waals surface area contributed by atoms with E-state index in [0.717, 1.165) is 44.3 Å². The smallest absolute Gasteiger partial charge is 0.246 e. The number of hydrogen-bond acceptors (Lipinski definition) is 3. The van der Waals surface area contributed by atoms with Gasteiger partial charge in [-0.1, -0.05) is 42.5 Å². The number of hydrogen-bond donors (Lipinski definition) is 0. The van der Waals surface area contributed by atoms with Crippen molar-refractivity contribution in [2.75, 3.05) is 13.1 Å². The highest BCUT2D eigenvalue weighted by molar-refractivity contribution is 6.09. The summed E-state index contributed by atoms with van der Waals surface area (Å²) in [7, 11) is 0. The van der Waals surface area contributed by atoms with Gasteiger partial charge < -0.3 is 4.90 Å². The van der Waals surface area contributed by atoms with E-state index in [4.69, 9.17) is 0 Å². The number of nitrogens with zero attached hydrogens (tertiary/aromatic N) is 2. The van der Waals surface area contributed by atoms with E-state index in [1.165, 1.54) is 4.90 Å². The molecule has 2 bridgehead atoms. The quantitative estimate of drug-likeness (QED) is 0.597. The minimum Gasteiger partial charge on any atom is -0.341 e. The van der Waals surface area contributed by atoms with Crippen LogP contribution in [0.5, 0.6) is 0 Å². The molecular weight excluding hydrogens is 352 g/mol. The Morgan fingerprint density at radius 2 is 1.54 bits per heavy atom. The van der Waals surface area contributed by atoms with Crippen LogP contribution in [0.15, 0.2) is 42.5 Å². The molecule has 2 saturated heterocycles. The second-order valence-corrected chi connectivity index (χ2v) is 8.64. The Hall–Kier alpha value is -2.43. The van der Waals surface area contributed by atoms with Gasteiger partial charge in [0, 0.05) is 19.5 Å².